The fraction of sp³-hybridized carbons (Fsp3) is 0.0833. The number of nitrogens with zero attached hydrogens (tertiary/aromatic N) is 1. The van der Waals surface area contributed by atoms with Crippen molar-refractivity contribution in [3.63, 3.8) is 0 Å². The third-order valence-electron chi connectivity index (χ3n) is 1.88. The van der Waals surface area contributed by atoms with Gasteiger partial charge in [-0.25, -0.2) is 0 Å². The molecule has 0 fully saturated rings. The van der Waals surface area contributed by atoms with Crippen molar-refractivity contribution in [2.24, 2.45) is 0 Å². The summed E-state index contributed by atoms with van der Waals surface area (Å²) in [6, 6.07) is 17.0. The lowest BCUT2D eigenvalue weighted by atomic mass is 10.1. The van der Waals surface area contributed by atoms with Gasteiger partial charge in [-0.2, -0.15) is 0 Å². The third-order valence-corrected chi connectivity index (χ3v) is 1.88. The van der Waals surface area contributed by atoms with Crippen LogP contribution in [0, 0.1) is 6.07 Å². The van der Waals surface area contributed by atoms with Gasteiger partial charge in [-0.15, -0.1) is 0 Å². The summed E-state index contributed by atoms with van der Waals surface area (Å²) in [4.78, 5) is 4.26. The highest BCUT2D eigenvalue weighted by molar-refractivity contribution is 5.20. The summed E-state index contributed by atoms with van der Waals surface area (Å²) in [7, 11) is 0. The smallest absolute Gasteiger partial charge is 0.0447 e. The molecule has 0 unspecified atom stereocenters. The zero-order chi connectivity index (χ0) is 8.93. The van der Waals surface area contributed by atoms with Crippen LogP contribution in [0.3, 0.4) is 0 Å². The van der Waals surface area contributed by atoms with Crippen molar-refractivity contribution in [2.45, 2.75) is 6.42 Å². The Kier molecular flexibility index (Phi) is 2.37. The summed E-state index contributed by atoms with van der Waals surface area (Å²) in [5.41, 5.74) is 2.35. The fourth-order valence-electron chi connectivity index (χ4n) is 1.25. The molecule has 2 aromatic rings. The zero-order valence-corrected chi connectivity index (χ0v) is 7.27. The molecule has 1 aromatic heterocycles. The molecule has 0 saturated heterocycles. The van der Waals surface area contributed by atoms with Crippen LogP contribution in [0.25, 0.3) is 0 Å². The Morgan fingerprint density at radius 1 is 1.15 bits per heavy atom. The first-order valence-electron chi connectivity index (χ1n) is 4.30. The molecule has 1 heteroatoms. The normalized spacial score (nSPS) is 9.85. The molecule has 1 nitrogen and oxygen atoms in total. The van der Waals surface area contributed by atoms with E-state index < -0.39 is 0 Å². The molecule has 1 radical (unpaired) electrons. The van der Waals surface area contributed by atoms with E-state index in [0.29, 0.717) is 0 Å². The Balaban J connectivity index is 2.16. The predicted molar refractivity (Wildman–Crippen MR) is 52.3 cm³/mol. The average Bonchev–Trinajstić information content (AvgIpc) is 2.21. The quantitative estimate of drug-likeness (QED) is 0.671. The maximum Gasteiger partial charge on any atom is 0.0447 e. The van der Waals surface area contributed by atoms with Gasteiger partial charge in [-0.05, 0) is 23.8 Å². The largest absolute Gasteiger partial charge is 0.261 e. The van der Waals surface area contributed by atoms with Crippen LogP contribution in [0.4, 0.5) is 0 Å². The Hall–Kier alpha value is -1.63. The molecule has 1 heterocycles. The fourth-order valence-corrected chi connectivity index (χ4v) is 1.25. The van der Waals surface area contributed by atoms with E-state index in [2.05, 4.69) is 17.1 Å². The molecule has 0 saturated carbocycles. The monoisotopic (exact) mass is 168 g/mol. The molecule has 0 aliphatic rings. The van der Waals surface area contributed by atoms with E-state index in [1.54, 1.807) is 0 Å². The van der Waals surface area contributed by atoms with Crippen LogP contribution in [0.5, 0.6) is 0 Å². The van der Waals surface area contributed by atoms with E-state index >= 15 is 0 Å². The number of hydrogen-bond acceptors (Lipinski definition) is 1. The number of rotatable bonds is 2. The lowest BCUT2D eigenvalue weighted by Crippen LogP contribution is -1.89. The molecule has 0 atom stereocenters. The van der Waals surface area contributed by atoms with Gasteiger partial charge in [0, 0.05) is 18.3 Å². The molecule has 0 N–H and O–H groups in total. The molecular weight excluding hydrogens is 158 g/mol. The molecule has 13 heavy (non-hydrogen) atoms. The van der Waals surface area contributed by atoms with E-state index in [1.165, 1.54) is 5.56 Å². The summed E-state index contributed by atoms with van der Waals surface area (Å²) in [5, 5.41) is 0. The summed E-state index contributed by atoms with van der Waals surface area (Å²) in [5.74, 6) is 0. The molecular formula is C12H10N. The van der Waals surface area contributed by atoms with Crippen LogP contribution >= 0.6 is 0 Å². The average molecular weight is 168 g/mol. The Morgan fingerprint density at radius 3 is 2.85 bits per heavy atom. The second-order valence-corrected chi connectivity index (χ2v) is 2.91. The lowest BCUT2D eigenvalue weighted by molar-refractivity contribution is 1.07. The van der Waals surface area contributed by atoms with E-state index in [1.807, 2.05) is 42.6 Å². The molecule has 0 aliphatic carbocycles. The van der Waals surface area contributed by atoms with Gasteiger partial charge in [0.2, 0.25) is 0 Å². The van der Waals surface area contributed by atoms with Gasteiger partial charge in [0.1, 0.15) is 0 Å². The van der Waals surface area contributed by atoms with Crippen molar-refractivity contribution in [2.75, 3.05) is 0 Å². The minimum Gasteiger partial charge on any atom is -0.261 e. The third kappa shape index (κ3) is 2.15. The van der Waals surface area contributed by atoms with Gasteiger partial charge in [0.25, 0.3) is 0 Å². The van der Waals surface area contributed by atoms with Gasteiger partial charge in [0.05, 0.1) is 0 Å². The van der Waals surface area contributed by atoms with Gasteiger partial charge < -0.3 is 0 Å². The SMILES string of the molecule is [c]1cccc(Cc2ccccn2)c1. The molecule has 2 rings (SSSR count). The van der Waals surface area contributed by atoms with Gasteiger partial charge in [0.15, 0.2) is 0 Å². The van der Waals surface area contributed by atoms with Crippen molar-refractivity contribution >= 4 is 0 Å². The summed E-state index contributed by atoms with van der Waals surface area (Å²) in [6.07, 6.45) is 2.71. The van der Waals surface area contributed by atoms with Crippen molar-refractivity contribution in [1.29, 1.82) is 0 Å². The van der Waals surface area contributed by atoms with Crippen molar-refractivity contribution in [3.8, 4) is 0 Å². The van der Waals surface area contributed by atoms with Crippen LogP contribution in [0.1, 0.15) is 11.3 Å². The Labute approximate surface area is 78.1 Å². The molecule has 0 spiro atoms. The number of pyridine rings is 1. The standard InChI is InChI=1S/C12H10N/c1-2-6-11(7-3-1)10-12-8-4-5-9-13-12/h1-2,4-9H,10H2. The summed E-state index contributed by atoms with van der Waals surface area (Å²) >= 11 is 0. The van der Waals surface area contributed by atoms with Crippen LogP contribution in [0.15, 0.2) is 48.7 Å². The highest BCUT2D eigenvalue weighted by atomic mass is 14.7. The van der Waals surface area contributed by atoms with Crippen molar-refractivity contribution in [3.05, 3.63) is 66.0 Å². The van der Waals surface area contributed by atoms with Crippen LogP contribution < -0.4 is 0 Å². The molecule has 63 valence electrons. The van der Waals surface area contributed by atoms with Crippen LogP contribution in [0.2, 0.25) is 0 Å². The maximum atomic E-state index is 4.26. The van der Waals surface area contributed by atoms with E-state index in [4.69, 9.17) is 0 Å². The second-order valence-electron chi connectivity index (χ2n) is 2.91. The summed E-state index contributed by atoms with van der Waals surface area (Å²) < 4.78 is 0. The molecule has 0 amide bonds. The van der Waals surface area contributed by atoms with E-state index in [0.717, 1.165) is 12.1 Å². The number of aromatic nitrogens is 1. The van der Waals surface area contributed by atoms with Crippen LogP contribution in [-0.2, 0) is 6.42 Å². The van der Waals surface area contributed by atoms with Gasteiger partial charge in [-0.3, -0.25) is 4.98 Å². The van der Waals surface area contributed by atoms with Gasteiger partial charge in [-0.1, -0.05) is 30.3 Å². The second kappa shape index (κ2) is 3.85. The lowest BCUT2D eigenvalue weighted by Gasteiger charge is -1.98. The van der Waals surface area contributed by atoms with E-state index in [9.17, 15) is 0 Å². The Bertz CT molecular complexity index is 316. The first-order chi connectivity index (χ1) is 6.45. The van der Waals surface area contributed by atoms with Gasteiger partial charge >= 0.3 is 0 Å². The predicted octanol–water partition coefficient (Wildman–Crippen LogP) is 2.47. The number of hydrogen-bond donors (Lipinski definition) is 0. The molecule has 1 aromatic carbocycles. The van der Waals surface area contributed by atoms with Crippen LogP contribution in [-0.4, -0.2) is 4.98 Å². The zero-order valence-electron chi connectivity index (χ0n) is 7.27. The topological polar surface area (TPSA) is 12.9 Å². The highest BCUT2D eigenvalue weighted by Crippen LogP contribution is 2.05. The maximum absolute atomic E-state index is 4.26. The van der Waals surface area contributed by atoms with E-state index in [-0.39, 0.29) is 0 Å². The minimum absolute atomic E-state index is 0.887. The minimum atomic E-state index is 0.887. The summed E-state index contributed by atoms with van der Waals surface area (Å²) in [6.45, 7) is 0. The molecule has 0 aliphatic heterocycles. The van der Waals surface area contributed by atoms with Crippen molar-refractivity contribution in [1.82, 2.24) is 4.98 Å². The molecule has 0 bridgehead atoms. The first-order valence-corrected chi connectivity index (χ1v) is 4.30. The Morgan fingerprint density at radius 2 is 2.15 bits per heavy atom. The van der Waals surface area contributed by atoms with Crippen molar-refractivity contribution < 1.29 is 0 Å². The first kappa shape index (κ1) is 7.99. The highest BCUT2D eigenvalue weighted by Gasteiger charge is 1.94. The number of benzene rings is 1.